The molecule has 0 aliphatic heterocycles. The van der Waals surface area contributed by atoms with Crippen molar-refractivity contribution in [2.24, 2.45) is 11.1 Å². The summed E-state index contributed by atoms with van der Waals surface area (Å²) in [6, 6.07) is 4.94. The lowest BCUT2D eigenvalue weighted by molar-refractivity contribution is 0.0438. The zero-order chi connectivity index (χ0) is 12.6. The summed E-state index contributed by atoms with van der Waals surface area (Å²) in [7, 11) is 0. The highest BCUT2D eigenvalue weighted by Gasteiger charge is 2.51. The Morgan fingerprint density at radius 3 is 2.53 bits per heavy atom. The maximum Gasteiger partial charge on any atom is 0.124 e. The van der Waals surface area contributed by atoms with Gasteiger partial charge in [0.15, 0.2) is 0 Å². The minimum atomic E-state index is -0.277. The molecule has 2 unspecified atom stereocenters. The van der Waals surface area contributed by atoms with Gasteiger partial charge < -0.3 is 5.73 Å². The van der Waals surface area contributed by atoms with E-state index in [1.165, 1.54) is 12.1 Å². The lowest BCUT2D eigenvalue weighted by Gasteiger charge is -2.55. The Kier molecular flexibility index (Phi) is 3.46. The first-order chi connectivity index (χ1) is 8.05. The van der Waals surface area contributed by atoms with Gasteiger partial charge in [0, 0.05) is 11.1 Å². The van der Waals surface area contributed by atoms with Crippen molar-refractivity contribution in [2.45, 2.75) is 45.1 Å². The number of rotatable bonds is 3. The van der Waals surface area contributed by atoms with E-state index in [4.69, 9.17) is 17.3 Å². The largest absolute Gasteiger partial charge is 0.327 e. The molecule has 0 saturated heterocycles. The Labute approximate surface area is 107 Å². The van der Waals surface area contributed by atoms with Gasteiger partial charge in [0.2, 0.25) is 0 Å². The first-order valence-electron chi connectivity index (χ1n) is 6.25. The lowest BCUT2D eigenvalue weighted by Crippen LogP contribution is -2.55. The number of hydrogen-bond donors (Lipinski definition) is 1. The Morgan fingerprint density at radius 1 is 1.41 bits per heavy atom. The van der Waals surface area contributed by atoms with Crippen molar-refractivity contribution < 1.29 is 4.39 Å². The molecule has 0 bridgehead atoms. The van der Waals surface area contributed by atoms with Gasteiger partial charge in [-0.2, -0.15) is 0 Å². The van der Waals surface area contributed by atoms with Crippen molar-refractivity contribution in [3.05, 3.63) is 34.6 Å². The standard InChI is InChI=1S/C14H19ClFN/c1-3-14(4-2)11(8-13(14)17)10-6-5-9(16)7-12(10)15/h5-7,11,13H,3-4,8,17H2,1-2H3. The quantitative estimate of drug-likeness (QED) is 0.865. The molecule has 1 aromatic carbocycles. The fourth-order valence-corrected chi connectivity index (χ4v) is 3.61. The summed E-state index contributed by atoms with van der Waals surface area (Å²) in [6.45, 7) is 4.35. The van der Waals surface area contributed by atoms with Gasteiger partial charge in [-0.25, -0.2) is 4.39 Å². The molecule has 17 heavy (non-hydrogen) atoms. The van der Waals surface area contributed by atoms with Gasteiger partial charge in [0.05, 0.1) is 0 Å². The van der Waals surface area contributed by atoms with E-state index in [9.17, 15) is 4.39 Å². The fraction of sp³-hybridized carbons (Fsp3) is 0.571. The summed E-state index contributed by atoms with van der Waals surface area (Å²) >= 11 is 6.15. The molecular weight excluding hydrogens is 237 g/mol. The Hall–Kier alpha value is -0.600. The smallest absolute Gasteiger partial charge is 0.124 e. The van der Waals surface area contributed by atoms with E-state index in [2.05, 4.69) is 13.8 Å². The first kappa shape index (κ1) is 12.8. The maximum absolute atomic E-state index is 13.1. The van der Waals surface area contributed by atoms with E-state index in [-0.39, 0.29) is 17.3 Å². The molecule has 1 aliphatic rings. The van der Waals surface area contributed by atoms with Crippen molar-refractivity contribution >= 4 is 11.6 Å². The molecule has 1 aliphatic carbocycles. The predicted octanol–water partition coefficient (Wildman–Crippen LogP) is 4.10. The zero-order valence-electron chi connectivity index (χ0n) is 10.3. The molecule has 1 aromatic rings. The maximum atomic E-state index is 13.1. The molecule has 3 heteroatoms. The van der Waals surface area contributed by atoms with E-state index in [1.54, 1.807) is 0 Å². The molecule has 0 amide bonds. The van der Waals surface area contributed by atoms with Crippen LogP contribution < -0.4 is 5.73 Å². The van der Waals surface area contributed by atoms with Gasteiger partial charge in [0.25, 0.3) is 0 Å². The summed E-state index contributed by atoms with van der Waals surface area (Å²) in [6.07, 6.45) is 3.04. The van der Waals surface area contributed by atoms with Crippen LogP contribution in [0.1, 0.15) is 44.6 Å². The van der Waals surface area contributed by atoms with Crippen LogP contribution in [0.4, 0.5) is 4.39 Å². The molecule has 2 atom stereocenters. The molecule has 1 fully saturated rings. The topological polar surface area (TPSA) is 26.0 Å². The summed E-state index contributed by atoms with van der Waals surface area (Å²) in [5, 5.41) is 0.535. The summed E-state index contributed by atoms with van der Waals surface area (Å²) in [5.74, 6) is 0.0987. The van der Waals surface area contributed by atoms with E-state index in [1.807, 2.05) is 6.07 Å². The summed E-state index contributed by atoms with van der Waals surface area (Å²) < 4.78 is 13.1. The Balaban J connectivity index is 2.35. The predicted molar refractivity (Wildman–Crippen MR) is 69.8 cm³/mol. The van der Waals surface area contributed by atoms with Crippen LogP contribution in [-0.4, -0.2) is 6.04 Å². The van der Waals surface area contributed by atoms with Crippen LogP contribution >= 0.6 is 11.6 Å². The normalized spacial score (nSPS) is 26.6. The van der Waals surface area contributed by atoms with Crippen LogP contribution in [0.25, 0.3) is 0 Å². The Morgan fingerprint density at radius 2 is 2.06 bits per heavy atom. The molecule has 2 rings (SSSR count). The molecule has 2 N–H and O–H groups in total. The summed E-state index contributed by atoms with van der Waals surface area (Å²) in [5.41, 5.74) is 7.36. The third-order valence-electron chi connectivity index (χ3n) is 4.58. The zero-order valence-corrected chi connectivity index (χ0v) is 11.1. The molecular formula is C14H19ClFN. The third kappa shape index (κ3) is 1.88. The van der Waals surface area contributed by atoms with E-state index < -0.39 is 0 Å². The third-order valence-corrected chi connectivity index (χ3v) is 4.90. The molecule has 1 nitrogen and oxygen atoms in total. The van der Waals surface area contributed by atoms with E-state index in [0.29, 0.717) is 10.9 Å². The average molecular weight is 256 g/mol. The van der Waals surface area contributed by atoms with E-state index in [0.717, 1.165) is 24.8 Å². The van der Waals surface area contributed by atoms with Gasteiger partial charge in [0.1, 0.15) is 5.82 Å². The number of benzene rings is 1. The average Bonchev–Trinajstić information content (AvgIpc) is 2.29. The van der Waals surface area contributed by atoms with Crippen molar-refractivity contribution in [2.75, 3.05) is 0 Å². The second kappa shape index (κ2) is 4.58. The molecule has 0 radical (unpaired) electrons. The second-order valence-corrected chi connectivity index (χ2v) is 5.41. The highest BCUT2D eigenvalue weighted by Crippen LogP contribution is 2.57. The molecule has 1 saturated carbocycles. The fourth-order valence-electron chi connectivity index (χ4n) is 3.31. The van der Waals surface area contributed by atoms with Gasteiger partial charge >= 0.3 is 0 Å². The van der Waals surface area contributed by atoms with Crippen LogP contribution in [0.15, 0.2) is 18.2 Å². The van der Waals surface area contributed by atoms with Gasteiger partial charge in [-0.1, -0.05) is 31.5 Å². The first-order valence-corrected chi connectivity index (χ1v) is 6.63. The van der Waals surface area contributed by atoms with Crippen molar-refractivity contribution in [3.8, 4) is 0 Å². The van der Waals surface area contributed by atoms with Crippen LogP contribution in [0.3, 0.4) is 0 Å². The lowest BCUT2D eigenvalue weighted by atomic mass is 9.52. The van der Waals surface area contributed by atoms with Gasteiger partial charge in [-0.05, 0) is 48.3 Å². The van der Waals surface area contributed by atoms with Crippen LogP contribution in [0.2, 0.25) is 5.02 Å². The van der Waals surface area contributed by atoms with Crippen LogP contribution in [0.5, 0.6) is 0 Å². The van der Waals surface area contributed by atoms with Crippen molar-refractivity contribution in [1.29, 1.82) is 0 Å². The van der Waals surface area contributed by atoms with Crippen molar-refractivity contribution in [1.82, 2.24) is 0 Å². The highest BCUT2D eigenvalue weighted by molar-refractivity contribution is 6.31. The molecule has 0 aromatic heterocycles. The van der Waals surface area contributed by atoms with Gasteiger partial charge in [-0.15, -0.1) is 0 Å². The number of halogens is 2. The van der Waals surface area contributed by atoms with E-state index >= 15 is 0 Å². The highest BCUT2D eigenvalue weighted by atomic mass is 35.5. The number of hydrogen-bond acceptors (Lipinski definition) is 1. The molecule has 94 valence electrons. The second-order valence-electron chi connectivity index (χ2n) is 5.00. The molecule has 0 heterocycles. The SMILES string of the molecule is CCC1(CC)C(N)CC1c1ccc(F)cc1Cl. The monoisotopic (exact) mass is 255 g/mol. The van der Waals surface area contributed by atoms with Crippen molar-refractivity contribution in [3.63, 3.8) is 0 Å². The Bertz CT molecular complexity index is 415. The summed E-state index contributed by atoms with van der Waals surface area (Å²) in [4.78, 5) is 0. The minimum absolute atomic E-state index is 0.140. The van der Waals surface area contributed by atoms with Crippen LogP contribution in [0, 0.1) is 11.2 Å². The van der Waals surface area contributed by atoms with Crippen LogP contribution in [-0.2, 0) is 0 Å². The molecule has 0 spiro atoms. The number of nitrogens with two attached hydrogens (primary N) is 1. The van der Waals surface area contributed by atoms with Gasteiger partial charge in [-0.3, -0.25) is 0 Å². The minimum Gasteiger partial charge on any atom is -0.327 e.